The van der Waals surface area contributed by atoms with Gasteiger partial charge in [-0.3, -0.25) is 0 Å². The Hall–Kier alpha value is -7.06. The van der Waals surface area contributed by atoms with Crippen molar-refractivity contribution in [3.63, 3.8) is 0 Å². The van der Waals surface area contributed by atoms with E-state index >= 15 is 0 Å². The SMILES string of the molecule is CCOc1c(C)c(C)c(C)c(C)c1C.CCOc1c(C)c(C)c(C)c(C)c1C.COc1cc(C)c(C)cc1C.COc1cc(C)c(C)cc1C.COc1cc(C)c(OC)cc1C.Cc1c(C)c(C)c(O)c(C)c1C.Cc1c(C)c(C)c(O)c(C)c1C. The van der Waals surface area contributed by atoms with Crippen LogP contribution in [0.25, 0.3) is 0 Å². The van der Waals surface area contributed by atoms with Gasteiger partial charge in [0.1, 0.15) is 46.0 Å². The average Bonchev–Trinajstić information content (AvgIpc) is 3.70. The Labute approximate surface area is 523 Å². The molecule has 2 N–H and O–H groups in total. The monoisotopic (exact) mass is 1180 g/mol. The highest BCUT2D eigenvalue weighted by Crippen LogP contribution is 2.35. The molecule has 0 aliphatic heterocycles. The van der Waals surface area contributed by atoms with Crippen molar-refractivity contribution in [3.8, 4) is 46.0 Å². The van der Waals surface area contributed by atoms with Crippen molar-refractivity contribution in [2.75, 3.05) is 41.7 Å². The number of phenolic OH excluding ortho intramolecular Hbond substituents is 2. The summed E-state index contributed by atoms with van der Waals surface area (Å²) < 4.78 is 32.1. The van der Waals surface area contributed by atoms with Crippen molar-refractivity contribution < 1.29 is 38.6 Å². The molecule has 8 nitrogen and oxygen atoms in total. The Morgan fingerprint density at radius 3 is 0.558 bits per heavy atom. The second-order valence-corrected chi connectivity index (χ2v) is 23.3. The number of aryl methyl sites for hydroxylation is 8. The first-order valence-electron chi connectivity index (χ1n) is 30.3. The zero-order valence-corrected chi connectivity index (χ0v) is 60.2. The lowest BCUT2D eigenvalue weighted by molar-refractivity contribution is 0.334. The highest BCUT2D eigenvalue weighted by atomic mass is 16.5. The van der Waals surface area contributed by atoms with Crippen LogP contribution in [0.2, 0.25) is 0 Å². The summed E-state index contributed by atoms with van der Waals surface area (Å²) in [4.78, 5) is 0. The minimum absolute atomic E-state index is 0.454. The van der Waals surface area contributed by atoms with Crippen molar-refractivity contribution in [3.05, 3.63) is 192 Å². The van der Waals surface area contributed by atoms with Gasteiger partial charge in [-0.15, -0.1) is 0 Å². The summed E-state index contributed by atoms with van der Waals surface area (Å²) in [5.74, 6) is 6.84. The average molecular weight is 1180 g/mol. The molecule has 0 aliphatic carbocycles. The number of hydrogen-bond acceptors (Lipinski definition) is 8. The predicted molar refractivity (Wildman–Crippen MR) is 370 cm³/mol. The van der Waals surface area contributed by atoms with Crippen molar-refractivity contribution in [2.24, 2.45) is 0 Å². The molecule has 8 heteroatoms. The molecule has 0 spiro atoms. The van der Waals surface area contributed by atoms with Crippen LogP contribution in [-0.4, -0.2) is 51.9 Å². The third-order valence-electron chi connectivity index (χ3n) is 18.3. The van der Waals surface area contributed by atoms with Gasteiger partial charge < -0.3 is 38.6 Å². The summed E-state index contributed by atoms with van der Waals surface area (Å²) in [5.41, 5.74) is 34.6. The first-order chi connectivity index (χ1) is 39.9. The summed E-state index contributed by atoms with van der Waals surface area (Å²) in [5, 5.41) is 19.4. The molecule has 0 unspecified atom stereocenters. The molecule has 0 fully saturated rings. The summed E-state index contributed by atoms with van der Waals surface area (Å²) in [6.45, 7) is 63.9. The third kappa shape index (κ3) is 19.5. The topological polar surface area (TPSA) is 95.8 Å². The molecular formula is C78H114O8. The summed E-state index contributed by atoms with van der Waals surface area (Å²) in [6, 6.07) is 12.4. The molecule has 0 radical (unpaired) electrons. The van der Waals surface area contributed by atoms with Crippen molar-refractivity contribution in [1.29, 1.82) is 0 Å². The zero-order chi connectivity index (χ0) is 66.7. The second kappa shape index (κ2) is 34.9. The number of hydrogen-bond donors (Lipinski definition) is 2. The molecule has 0 amide bonds. The van der Waals surface area contributed by atoms with E-state index in [1.54, 1.807) is 28.4 Å². The summed E-state index contributed by atoms with van der Waals surface area (Å²) >= 11 is 0. The molecule has 0 aliphatic rings. The Morgan fingerprint density at radius 2 is 0.372 bits per heavy atom. The number of rotatable bonds is 8. The van der Waals surface area contributed by atoms with E-state index in [-0.39, 0.29) is 0 Å². The van der Waals surface area contributed by atoms with E-state index in [4.69, 9.17) is 28.4 Å². The number of methoxy groups -OCH3 is 4. The van der Waals surface area contributed by atoms with Crippen molar-refractivity contribution in [2.45, 2.75) is 208 Å². The lowest BCUT2D eigenvalue weighted by Gasteiger charge is -2.18. The molecule has 0 atom stereocenters. The highest BCUT2D eigenvalue weighted by Gasteiger charge is 2.15. The largest absolute Gasteiger partial charge is 0.507 e. The Balaban J connectivity index is 0.000000503. The normalized spacial score (nSPS) is 10.2. The Morgan fingerprint density at radius 1 is 0.221 bits per heavy atom. The highest BCUT2D eigenvalue weighted by molar-refractivity contribution is 5.56. The smallest absolute Gasteiger partial charge is 0.125 e. The van der Waals surface area contributed by atoms with Crippen molar-refractivity contribution >= 4 is 0 Å². The minimum atomic E-state index is 0.454. The van der Waals surface area contributed by atoms with Crippen LogP contribution >= 0.6 is 0 Å². The van der Waals surface area contributed by atoms with Gasteiger partial charge in [0, 0.05) is 0 Å². The van der Waals surface area contributed by atoms with Crippen LogP contribution in [0.1, 0.15) is 170 Å². The van der Waals surface area contributed by atoms with Gasteiger partial charge in [-0.1, -0.05) is 12.1 Å². The fourth-order valence-corrected chi connectivity index (χ4v) is 10.1. The maximum Gasteiger partial charge on any atom is 0.125 e. The van der Waals surface area contributed by atoms with E-state index in [1.165, 1.54) is 122 Å². The van der Waals surface area contributed by atoms with Crippen LogP contribution in [0.4, 0.5) is 0 Å². The molecule has 7 aromatic rings. The fourth-order valence-electron chi connectivity index (χ4n) is 10.1. The Kier molecular flexibility index (Phi) is 31.2. The second-order valence-electron chi connectivity index (χ2n) is 23.3. The van der Waals surface area contributed by atoms with E-state index in [0.717, 1.165) is 81.1 Å². The Bertz CT molecular complexity index is 2930. The number of aromatic hydroxyl groups is 2. The molecule has 7 aromatic carbocycles. The molecule has 0 aromatic heterocycles. The number of benzene rings is 7. The van der Waals surface area contributed by atoms with Crippen LogP contribution in [0.5, 0.6) is 46.0 Å². The molecule has 0 heterocycles. The molecule has 7 rings (SSSR count). The maximum absolute atomic E-state index is 9.69. The van der Waals surface area contributed by atoms with Gasteiger partial charge in [0.25, 0.3) is 0 Å². The minimum Gasteiger partial charge on any atom is -0.507 e. The predicted octanol–water partition coefficient (Wildman–Crippen LogP) is 20.7. The van der Waals surface area contributed by atoms with Crippen LogP contribution in [0.15, 0.2) is 36.4 Å². The van der Waals surface area contributed by atoms with E-state index in [1.807, 2.05) is 67.5 Å². The van der Waals surface area contributed by atoms with Gasteiger partial charge in [0.2, 0.25) is 0 Å². The standard InChI is InChI=1S/2C13H20O.2C11H16O.C10H14O2.2C10H14O/c2*1-7-14-13-11(5)9(3)8(2)10(4)12(13)6;2*1-6-7(2)9(4)11(12)10(5)8(6)3;1-7-5-10(12-4)8(2)6-9(7)11-3;2*1-7-5-9(3)10(11-4)6-8(7)2/h2*7H2,1-6H3;2*12H,1-5H3;5-6H,1-4H3;2*5-6H,1-4H3. The first-order valence-corrected chi connectivity index (χ1v) is 30.3. The van der Waals surface area contributed by atoms with E-state index in [9.17, 15) is 10.2 Å². The molecule has 474 valence electrons. The zero-order valence-electron chi connectivity index (χ0n) is 60.2. The van der Waals surface area contributed by atoms with Gasteiger partial charge in [-0.2, -0.15) is 0 Å². The molecular weight excluding hydrogens is 1060 g/mol. The maximum atomic E-state index is 9.69. The van der Waals surface area contributed by atoms with Gasteiger partial charge in [0.05, 0.1) is 41.7 Å². The fraction of sp³-hybridized carbons (Fsp3) is 0.462. The lowest BCUT2D eigenvalue weighted by atomic mass is 9.94. The van der Waals surface area contributed by atoms with Crippen LogP contribution in [0, 0.1) is 194 Å². The lowest BCUT2D eigenvalue weighted by Crippen LogP contribution is -2.02. The van der Waals surface area contributed by atoms with E-state index in [2.05, 4.69) is 177 Å². The van der Waals surface area contributed by atoms with E-state index < -0.39 is 0 Å². The number of phenols is 2. The molecule has 0 bridgehead atoms. The van der Waals surface area contributed by atoms with E-state index in [0.29, 0.717) is 11.5 Å². The third-order valence-corrected chi connectivity index (χ3v) is 18.3. The van der Waals surface area contributed by atoms with Crippen LogP contribution in [0.3, 0.4) is 0 Å². The molecule has 86 heavy (non-hydrogen) atoms. The number of ether oxygens (including phenoxy) is 6. The quantitative estimate of drug-likeness (QED) is 0.155. The first kappa shape index (κ1) is 77.0. The van der Waals surface area contributed by atoms with Gasteiger partial charge in [-0.05, 0) is 388 Å². The summed E-state index contributed by atoms with van der Waals surface area (Å²) in [7, 11) is 6.76. The molecule has 0 saturated carbocycles. The van der Waals surface area contributed by atoms with Crippen molar-refractivity contribution in [1.82, 2.24) is 0 Å². The van der Waals surface area contributed by atoms with Gasteiger partial charge in [-0.25, -0.2) is 0 Å². The van der Waals surface area contributed by atoms with Crippen LogP contribution < -0.4 is 28.4 Å². The summed E-state index contributed by atoms with van der Waals surface area (Å²) in [6.07, 6.45) is 0. The van der Waals surface area contributed by atoms with Gasteiger partial charge >= 0.3 is 0 Å². The van der Waals surface area contributed by atoms with Crippen LogP contribution in [-0.2, 0) is 0 Å². The van der Waals surface area contributed by atoms with Gasteiger partial charge in [0.15, 0.2) is 0 Å². The molecule has 0 saturated heterocycles.